The molecule has 3 heterocycles. The van der Waals surface area contributed by atoms with Crippen LogP contribution in [-0.2, 0) is 14.6 Å². The third kappa shape index (κ3) is 5.67. The van der Waals surface area contributed by atoms with Gasteiger partial charge in [-0.15, -0.1) is 0 Å². The fourth-order valence-electron chi connectivity index (χ4n) is 4.41. The van der Waals surface area contributed by atoms with Crippen molar-refractivity contribution in [2.45, 2.75) is 51.2 Å². The van der Waals surface area contributed by atoms with Gasteiger partial charge in [-0.2, -0.15) is 5.26 Å². The zero-order valence-corrected chi connectivity index (χ0v) is 24.6. The van der Waals surface area contributed by atoms with E-state index in [9.17, 15) is 10.1 Å². The lowest BCUT2D eigenvalue weighted by Gasteiger charge is -2.39. The molecule has 2 aromatic heterocycles. The number of benzene rings is 1. The normalized spacial score (nSPS) is 16.8. The van der Waals surface area contributed by atoms with E-state index in [2.05, 4.69) is 68.2 Å². The highest BCUT2D eigenvalue weighted by Gasteiger charge is 2.44. The van der Waals surface area contributed by atoms with E-state index in [4.69, 9.17) is 14.1 Å². The third-order valence-corrected chi connectivity index (χ3v) is 12.1. The van der Waals surface area contributed by atoms with Gasteiger partial charge >= 0.3 is 7.41 Å². The highest BCUT2D eigenvalue weighted by Crippen LogP contribution is 2.46. The molecule has 0 fully saturated rings. The highest BCUT2D eigenvalue weighted by molar-refractivity contribution is 6.74. The molecule has 1 aliphatic heterocycles. The summed E-state index contributed by atoms with van der Waals surface area (Å²) in [6.45, 7) is 14.2. The molecule has 1 atom stereocenters. The zero-order chi connectivity index (χ0) is 28.4. The number of rotatable bonds is 9. The Morgan fingerprint density at radius 2 is 2.03 bits per heavy atom. The molecular weight excluding hydrogens is 507 g/mol. The molecule has 11 heteroatoms. The number of hydrogen-bond acceptors (Lipinski definition) is 9. The average Bonchev–Trinajstić information content (AvgIpc) is 3.19. The number of carbonyl (C=O) groups excluding carboxylic acids is 1. The number of hydrogen-bond donors (Lipinski definition) is 1. The van der Waals surface area contributed by atoms with Crippen LogP contribution in [0.3, 0.4) is 0 Å². The summed E-state index contributed by atoms with van der Waals surface area (Å²) >= 11 is 0. The minimum atomic E-state index is -2.04. The predicted octanol–water partition coefficient (Wildman–Crippen LogP) is 5.07. The molecule has 9 nitrogen and oxygen atoms in total. The lowest BCUT2D eigenvalue weighted by atomic mass is 9.83. The number of methoxy groups -OCH3 is 1. The highest BCUT2D eigenvalue weighted by atomic mass is 28.4. The van der Waals surface area contributed by atoms with E-state index >= 15 is 0 Å². The minimum absolute atomic E-state index is 0.0559. The van der Waals surface area contributed by atoms with Crippen LogP contribution in [0.15, 0.2) is 42.7 Å². The summed E-state index contributed by atoms with van der Waals surface area (Å²) < 4.78 is 12.0. The van der Waals surface area contributed by atoms with E-state index in [-0.39, 0.29) is 5.04 Å². The lowest BCUT2D eigenvalue weighted by molar-refractivity contribution is 0.219. The van der Waals surface area contributed by atoms with E-state index in [1.807, 2.05) is 23.0 Å². The maximum Gasteiger partial charge on any atom is 0.329 e. The molecule has 0 saturated heterocycles. The molecule has 39 heavy (non-hydrogen) atoms. The van der Waals surface area contributed by atoms with Crippen LogP contribution in [0.4, 0.5) is 17.3 Å². The van der Waals surface area contributed by atoms with Crippen molar-refractivity contribution in [3.63, 3.8) is 0 Å². The van der Waals surface area contributed by atoms with Crippen molar-refractivity contribution in [3.8, 4) is 23.2 Å². The van der Waals surface area contributed by atoms with E-state index in [1.165, 1.54) is 7.41 Å². The summed E-state index contributed by atoms with van der Waals surface area (Å²) in [6.07, 6.45) is 4.07. The first kappa shape index (κ1) is 28.3. The topological polar surface area (TPSA) is 113 Å². The molecule has 0 saturated carbocycles. The Balaban J connectivity index is 1.75. The number of aromatic nitrogens is 3. The van der Waals surface area contributed by atoms with E-state index in [0.717, 1.165) is 23.0 Å². The van der Waals surface area contributed by atoms with Gasteiger partial charge in [-0.3, -0.25) is 0 Å². The number of fused-ring (bicyclic) bond motifs is 1. The van der Waals surface area contributed by atoms with E-state index in [0.29, 0.717) is 41.9 Å². The molecule has 0 amide bonds. The van der Waals surface area contributed by atoms with E-state index < -0.39 is 13.7 Å². The Hall–Kier alpha value is -3.75. The number of nitrogens with one attached hydrogen (secondary N) is 1. The van der Waals surface area contributed by atoms with Gasteiger partial charge < -0.3 is 24.1 Å². The molecule has 0 spiro atoms. The zero-order valence-electron chi connectivity index (χ0n) is 23.6. The molecule has 0 unspecified atom stereocenters. The van der Waals surface area contributed by atoms with Crippen LogP contribution >= 0.6 is 0 Å². The molecule has 0 bridgehead atoms. The van der Waals surface area contributed by atoms with Crippen molar-refractivity contribution >= 4 is 39.2 Å². The van der Waals surface area contributed by atoms with Crippen LogP contribution < -0.4 is 14.9 Å². The number of nitriles is 1. The summed E-state index contributed by atoms with van der Waals surface area (Å²) in [7, 11) is 1.00. The SMILES string of the molecule is COc1ncccc1Nc1nccc(-c2cc(C#N)c3c(c2)[C@@](C)(CO[Si](C)(C)C(C)(C)C)CN3[B]C=O)n1. The van der Waals surface area contributed by atoms with Crippen molar-refractivity contribution < 1.29 is 14.0 Å². The standard InChI is InChI=1S/C28H34BN6O3Si/c1-27(2,3)39(6,7)38-17-28(4)16-35(29-18-36)24-20(15-30)13-19(14-21(24)28)22-10-12-32-26(33-22)34-23-9-8-11-31-25(23)37-5/h8-14,18H,16-17H2,1-7H3,(H,32,33,34)/t28-/m1/s1. The first-order valence-electron chi connectivity index (χ1n) is 12.8. The van der Waals surface area contributed by atoms with Gasteiger partial charge in [-0.25, -0.2) is 15.0 Å². The molecule has 3 aromatic rings. The Bertz CT molecular complexity index is 1420. The molecule has 4 rings (SSSR count). The third-order valence-electron chi connectivity index (χ3n) is 7.65. The predicted molar refractivity (Wildman–Crippen MR) is 157 cm³/mol. The monoisotopic (exact) mass is 541 g/mol. The maximum absolute atomic E-state index is 11.5. The molecule has 1 radical (unpaired) electrons. The number of anilines is 3. The fourth-order valence-corrected chi connectivity index (χ4v) is 5.52. The van der Waals surface area contributed by atoms with Gasteiger partial charge in [-0.05, 0) is 54.0 Å². The minimum Gasteiger partial charge on any atom is -0.480 e. The Labute approximate surface area is 232 Å². The Morgan fingerprint density at radius 3 is 2.69 bits per heavy atom. The number of carbonyl (C=O) groups is 1. The van der Waals surface area contributed by atoms with Crippen molar-refractivity contribution in [1.82, 2.24) is 15.0 Å². The molecular formula is C28H34BN6O3Si. The van der Waals surface area contributed by atoms with Gasteiger partial charge in [0.05, 0.1) is 18.4 Å². The van der Waals surface area contributed by atoms with Gasteiger partial charge in [0.15, 0.2) is 8.32 Å². The largest absolute Gasteiger partial charge is 0.480 e. The molecule has 201 valence electrons. The smallest absolute Gasteiger partial charge is 0.329 e. The van der Waals surface area contributed by atoms with Crippen LogP contribution in [0.1, 0.15) is 38.8 Å². The van der Waals surface area contributed by atoms with Crippen LogP contribution in [0.2, 0.25) is 18.1 Å². The summed E-state index contributed by atoms with van der Waals surface area (Å²) in [6, 6.07) is 11.6. The maximum atomic E-state index is 11.5. The van der Waals surface area contributed by atoms with Crippen molar-refractivity contribution in [2.75, 3.05) is 30.4 Å². The van der Waals surface area contributed by atoms with Crippen molar-refractivity contribution in [1.29, 1.82) is 5.26 Å². The molecule has 1 aliphatic rings. The molecule has 0 aliphatic carbocycles. The van der Waals surface area contributed by atoms with Gasteiger partial charge in [0, 0.05) is 42.2 Å². The second-order valence-electron chi connectivity index (χ2n) is 11.5. The molecule has 1 N–H and O–H groups in total. The summed E-state index contributed by atoms with van der Waals surface area (Å²) in [5.41, 5.74) is 3.79. The molecule has 1 aromatic carbocycles. The number of nitrogens with zero attached hydrogens (tertiary/aromatic N) is 5. The van der Waals surface area contributed by atoms with Crippen LogP contribution in [0.25, 0.3) is 11.3 Å². The van der Waals surface area contributed by atoms with Gasteiger partial charge in [0.1, 0.15) is 17.9 Å². The van der Waals surface area contributed by atoms with Gasteiger partial charge in [-0.1, -0.05) is 27.7 Å². The number of ether oxygens (including phenoxy) is 1. The van der Waals surface area contributed by atoms with Gasteiger partial charge in [0.25, 0.3) is 0 Å². The van der Waals surface area contributed by atoms with Crippen LogP contribution in [-0.4, -0.2) is 57.1 Å². The fraction of sp³-hybridized carbons (Fsp3) is 0.393. The Kier molecular flexibility index (Phi) is 7.82. The van der Waals surface area contributed by atoms with Crippen molar-refractivity contribution in [3.05, 3.63) is 53.9 Å². The Morgan fingerprint density at radius 1 is 1.26 bits per heavy atom. The second kappa shape index (κ2) is 10.8. The van der Waals surface area contributed by atoms with Crippen LogP contribution in [0, 0.1) is 11.3 Å². The van der Waals surface area contributed by atoms with E-state index in [1.54, 1.807) is 25.6 Å². The second-order valence-corrected chi connectivity index (χ2v) is 16.3. The van der Waals surface area contributed by atoms with Crippen LogP contribution in [0.5, 0.6) is 5.88 Å². The summed E-state index contributed by atoms with van der Waals surface area (Å²) in [4.78, 5) is 26.7. The van der Waals surface area contributed by atoms with Crippen molar-refractivity contribution in [2.24, 2.45) is 0 Å². The first-order chi connectivity index (χ1) is 18.4. The average molecular weight is 542 g/mol. The summed E-state index contributed by atoms with van der Waals surface area (Å²) in [5.74, 6) is 0.803. The summed E-state index contributed by atoms with van der Waals surface area (Å²) in [5, 5.41) is 13.4. The number of pyridine rings is 1. The lowest BCUT2D eigenvalue weighted by Crippen LogP contribution is -2.46. The quantitative estimate of drug-likeness (QED) is 0.293. The first-order valence-corrected chi connectivity index (χ1v) is 15.7. The van der Waals surface area contributed by atoms with Gasteiger partial charge in [0.2, 0.25) is 11.8 Å².